The summed E-state index contributed by atoms with van der Waals surface area (Å²) in [5, 5.41) is 3.20. The topological polar surface area (TPSA) is 15.3 Å². The average molecular weight is 146 g/mol. The van der Waals surface area contributed by atoms with Gasteiger partial charge in [0.2, 0.25) is 0 Å². The van der Waals surface area contributed by atoms with Gasteiger partial charge in [0.1, 0.15) is 6.67 Å². The lowest BCUT2D eigenvalue weighted by Gasteiger charge is -2.21. The molecule has 0 bridgehead atoms. The Morgan fingerprint density at radius 3 is 3.20 bits per heavy atom. The van der Waals surface area contributed by atoms with Crippen LogP contribution in [-0.4, -0.2) is 44.3 Å². The molecule has 10 heavy (non-hydrogen) atoms. The van der Waals surface area contributed by atoms with Crippen molar-refractivity contribution in [1.29, 1.82) is 0 Å². The van der Waals surface area contributed by atoms with Crippen LogP contribution in [0.5, 0.6) is 0 Å². The molecule has 1 rings (SSSR count). The van der Waals surface area contributed by atoms with Gasteiger partial charge in [-0.05, 0) is 26.6 Å². The Hall–Kier alpha value is -0.150. The highest BCUT2D eigenvalue weighted by Crippen LogP contribution is 2.00. The van der Waals surface area contributed by atoms with E-state index in [0.29, 0.717) is 0 Å². The summed E-state index contributed by atoms with van der Waals surface area (Å²) >= 11 is 0. The quantitative estimate of drug-likeness (QED) is 0.570. The van der Waals surface area contributed by atoms with Gasteiger partial charge in [-0.25, -0.2) is 4.39 Å². The average Bonchev–Trinajstić information content (AvgIpc) is 2.13. The first-order chi connectivity index (χ1) is 4.84. The molecule has 0 aliphatic carbocycles. The Kier molecular flexibility index (Phi) is 3.09. The Morgan fingerprint density at radius 2 is 2.50 bits per heavy atom. The van der Waals surface area contributed by atoms with Crippen molar-refractivity contribution in [2.24, 2.45) is 0 Å². The third-order valence-electron chi connectivity index (χ3n) is 2.05. The van der Waals surface area contributed by atoms with E-state index in [2.05, 4.69) is 10.2 Å². The fourth-order valence-corrected chi connectivity index (χ4v) is 1.23. The van der Waals surface area contributed by atoms with E-state index < -0.39 is 0 Å². The van der Waals surface area contributed by atoms with Gasteiger partial charge in [0, 0.05) is 6.54 Å². The molecule has 1 fully saturated rings. The number of hydrogen-bond donors (Lipinski definition) is 1. The molecule has 1 unspecified atom stereocenters. The molecule has 1 aliphatic rings. The summed E-state index contributed by atoms with van der Waals surface area (Å²) in [6, 6.07) is 0.0995. The predicted octanol–water partition coefficient (Wildman–Crippen LogP) is 0.250. The van der Waals surface area contributed by atoms with Crippen molar-refractivity contribution in [2.45, 2.75) is 12.5 Å². The molecule has 1 saturated heterocycles. The largest absolute Gasteiger partial charge is 0.315 e. The van der Waals surface area contributed by atoms with Crippen molar-refractivity contribution < 1.29 is 4.39 Å². The first-order valence-corrected chi connectivity index (χ1v) is 3.81. The molecule has 3 heteroatoms. The van der Waals surface area contributed by atoms with Crippen LogP contribution in [0.15, 0.2) is 0 Å². The second kappa shape index (κ2) is 3.88. The molecule has 2 nitrogen and oxygen atoms in total. The molecule has 0 radical (unpaired) electrons. The lowest BCUT2D eigenvalue weighted by atomic mass is 10.3. The predicted molar refractivity (Wildman–Crippen MR) is 39.9 cm³/mol. The maximum Gasteiger partial charge on any atom is 0.106 e. The monoisotopic (exact) mass is 146 g/mol. The molecular formula is C7H15FN2. The molecule has 0 aromatic carbocycles. The number of alkyl halides is 1. The molecule has 1 heterocycles. The van der Waals surface area contributed by atoms with Crippen LogP contribution >= 0.6 is 0 Å². The van der Waals surface area contributed by atoms with E-state index in [9.17, 15) is 4.39 Å². The minimum atomic E-state index is -0.233. The van der Waals surface area contributed by atoms with Gasteiger partial charge in [-0.15, -0.1) is 0 Å². The summed E-state index contributed by atoms with van der Waals surface area (Å²) in [7, 11) is 1.98. The van der Waals surface area contributed by atoms with Crippen molar-refractivity contribution in [2.75, 3.05) is 33.4 Å². The molecule has 1 N–H and O–H groups in total. The maximum atomic E-state index is 12.2. The highest BCUT2D eigenvalue weighted by atomic mass is 19.1. The molecule has 0 aromatic heterocycles. The molecule has 0 amide bonds. The van der Waals surface area contributed by atoms with Gasteiger partial charge in [-0.3, -0.25) is 4.90 Å². The molecule has 0 spiro atoms. The van der Waals surface area contributed by atoms with Crippen LogP contribution in [0.4, 0.5) is 4.39 Å². The van der Waals surface area contributed by atoms with Gasteiger partial charge >= 0.3 is 0 Å². The number of likely N-dealkylation sites (N-methyl/N-ethyl adjacent to an activating group) is 1. The number of hydrogen-bond acceptors (Lipinski definition) is 2. The Labute approximate surface area is 61.4 Å². The van der Waals surface area contributed by atoms with E-state index in [1.807, 2.05) is 7.05 Å². The zero-order chi connectivity index (χ0) is 7.40. The summed E-state index contributed by atoms with van der Waals surface area (Å²) in [5.74, 6) is 0. The van der Waals surface area contributed by atoms with Crippen molar-refractivity contribution in [1.82, 2.24) is 10.2 Å². The van der Waals surface area contributed by atoms with Gasteiger partial charge in [0.15, 0.2) is 0 Å². The van der Waals surface area contributed by atoms with Crippen molar-refractivity contribution in [3.05, 3.63) is 0 Å². The number of nitrogens with one attached hydrogen (secondary N) is 1. The summed E-state index contributed by atoms with van der Waals surface area (Å²) in [5.41, 5.74) is 0. The van der Waals surface area contributed by atoms with Gasteiger partial charge in [-0.1, -0.05) is 0 Å². The summed E-state index contributed by atoms with van der Waals surface area (Å²) in [4.78, 5) is 2.08. The second-order valence-electron chi connectivity index (χ2n) is 2.85. The van der Waals surface area contributed by atoms with Crippen LogP contribution < -0.4 is 5.32 Å². The van der Waals surface area contributed by atoms with Crippen LogP contribution in [-0.2, 0) is 0 Å². The van der Waals surface area contributed by atoms with Crippen molar-refractivity contribution in [3.63, 3.8) is 0 Å². The molecule has 1 atom stereocenters. The Balaban J connectivity index is 2.35. The normalized spacial score (nSPS) is 30.0. The lowest BCUT2D eigenvalue weighted by Crippen LogP contribution is -2.38. The first-order valence-electron chi connectivity index (χ1n) is 3.81. The van der Waals surface area contributed by atoms with E-state index in [4.69, 9.17) is 0 Å². The Morgan fingerprint density at radius 1 is 1.70 bits per heavy atom. The highest BCUT2D eigenvalue weighted by molar-refractivity contribution is 4.74. The van der Waals surface area contributed by atoms with Gasteiger partial charge < -0.3 is 5.32 Å². The number of rotatable bonds is 1. The van der Waals surface area contributed by atoms with E-state index in [1.165, 1.54) is 0 Å². The summed E-state index contributed by atoms with van der Waals surface area (Å²) in [6.07, 6.45) is 1.13. The van der Waals surface area contributed by atoms with E-state index in [-0.39, 0.29) is 12.7 Å². The third kappa shape index (κ3) is 1.92. The lowest BCUT2D eigenvalue weighted by molar-refractivity contribution is 0.214. The third-order valence-corrected chi connectivity index (χ3v) is 2.05. The zero-order valence-electron chi connectivity index (χ0n) is 6.44. The molecule has 0 saturated carbocycles. The Bertz CT molecular complexity index is 97.6. The number of halogens is 1. The summed E-state index contributed by atoms with van der Waals surface area (Å²) < 4.78 is 12.2. The minimum absolute atomic E-state index is 0.0995. The van der Waals surface area contributed by atoms with E-state index in [1.54, 1.807) is 0 Å². The van der Waals surface area contributed by atoms with Crippen LogP contribution in [0.25, 0.3) is 0 Å². The molecule has 1 aliphatic heterocycles. The standard InChI is InChI=1S/C7H15FN2/c1-10-4-2-3-9-6-7(10)5-8/h7,9H,2-6H2,1H3. The van der Waals surface area contributed by atoms with Crippen molar-refractivity contribution in [3.8, 4) is 0 Å². The SMILES string of the molecule is CN1CCCNCC1CF. The highest BCUT2D eigenvalue weighted by Gasteiger charge is 2.15. The summed E-state index contributed by atoms with van der Waals surface area (Å²) in [6.45, 7) is 2.61. The van der Waals surface area contributed by atoms with Crippen molar-refractivity contribution >= 4 is 0 Å². The van der Waals surface area contributed by atoms with Gasteiger partial charge in [0.25, 0.3) is 0 Å². The first kappa shape index (κ1) is 7.95. The van der Waals surface area contributed by atoms with Crippen LogP contribution in [0, 0.1) is 0 Å². The van der Waals surface area contributed by atoms with Gasteiger partial charge in [-0.2, -0.15) is 0 Å². The number of nitrogens with zero attached hydrogens (tertiary/aromatic N) is 1. The van der Waals surface area contributed by atoms with Crippen LogP contribution in [0.3, 0.4) is 0 Å². The minimum Gasteiger partial charge on any atom is -0.315 e. The molecule has 0 aromatic rings. The molecule has 60 valence electrons. The fourth-order valence-electron chi connectivity index (χ4n) is 1.23. The smallest absolute Gasteiger partial charge is 0.106 e. The van der Waals surface area contributed by atoms with E-state index >= 15 is 0 Å². The maximum absolute atomic E-state index is 12.2. The fraction of sp³-hybridized carbons (Fsp3) is 1.00. The van der Waals surface area contributed by atoms with E-state index in [0.717, 1.165) is 26.1 Å². The second-order valence-corrected chi connectivity index (χ2v) is 2.85. The molecular weight excluding hydrogens is 131 g/mol. The zero-order valence-corrected chi connectivity index (χ0v) is 6.44. The van der Waals surface area contributed by atoms with Crippen LogP contribution in [0.2, 0.25) is 0 Å². The van der Waals surface area contributed by atoms with Crippen LogP contribution in [0.1, 0.15) is 6.42 Å². The van der Waals surface area contributed by atoms with Gasteiger partial charge in [0.05, 0.1) is 6.04 Å².